The normalized spacial score (nSPS) is 8.53. The Kier molecular flexibility index (Phi) is 92.4. The van der Waals surface area contributed by atoms with E-state index in [1.165, 1.54) is 455 Å². The number of nitrogens with zero attached hydrogens (tertiary/aromatic N) is 5. The van der Waals surface area contributed by atoms with Crippen molar-refractivity contribution in [3.8, 4) is 11.6 Å². The van der Waals surface area contributed by atoms with Gasteiger partial charge in [0.05, 0.1) is 31.0 Å². The Morgan fingerprint density at radius 1 is 0.978 bits per heavy atom. The number of ether oxygens (including phenoxy) is 1. The standard InChI is InChI=1S/C19H15ClFN6O3.15K.H/c1-25-10-26(15-6-4-3-5-14(15)25)18-11(20)9-22-19(24-18)23-13-8-16(27(28)29)12(21)7-17(13)30-2;;;;;;;;;;;;;;;;/h3-10H,1-2H3,(H,22,23,24);;;;;;;;;;;;;;;;/q+1;;;;;;;;;;;;;;;+1;-1. The van der Waals surface area contributed by atoms with Crippen LogP contribution in [0.4, 0.5) is 21.7 Å². The zero-order chi connectivity index (χ0) is 35.4. The molecule has 2 aromatic carbocycles. The molecule has 0 amide bonds. The summed E-state index contributed by atoms with van der Waals surface area (Å²) < 4.78 is 22.7. The Hall–Kier alpha value is 20.8. The van der Waals surface area contributed by atoms with Gasteiger partial charge in [0.1, 0.15) is 10.8 Å². The maximum absolute atomic E-state index is 13.9. The summed E-state index contributed by atoms with van der Waals surface area (Å²) in [4.78, 5) is 18.8. The molecule has 26 heteroatoms. The van der Waals surface area contributed by atoms with Gasteiger partial charge in [0.25, 0.3) is 6.33 Å². The van der Waals surface area contributed by atoms with E-state index in [1.54, 1.807) is 4.57 Å². The van der Waals surface area contributed by atoms with Crippen molar-refractivity contribution in [1.82, 2.24) is 14.5 Å². The molecule has 45 heavy (non-hydrogen) atoms. The van der Waals surface area contributed by atoms with E-state index in [2.05, 4.69) is 15.3 Å². The van der Waals surface area contributed by atoms with E-state index in [0.29, 0.717) is 10.8 Å². The summed E-state index contributed by atoms with van der Waals surface area (Å²) in [7, 11) is 3.22. The molecule has 168 valence electrons. The molecule has 0 aliphatic carbocycles. The molecule has 1 N–H and O–H groups in total. The molecule has 0 fully saturated rings. The van der Waals surface area contributed by atoms with Crippen LogP contribution in [0.3, 0.4) is 0 Å². The number of nitrogens with one attached hydrogen (secondary N) is 1. The van der Waals surface area contributed by atoms with Gasteiger partial charge >= 0.3 is 499 Å². The van der Waals surface area contributed by atoms with E-state index in [4.69, 9.17) is 16.3 Å². The number of aromatic nitrogens is 4. The molecule has 2 heterocycles. The van der Waals surface area contributed by atoms with Crippen LogP contribution in [0.1, 0.15) is 1.43 Å². The zero-order valence-electron chi connectivity index (χ0n) is 31.8. The summed E-state index contributed by atoms with van der Waals surface area (Å²) in [6.45, 7) is 0. The summed E-state index contributed by atoms with van der Waals surface area (Å²) in [6.07, 6.45) is 3.23. The van der Waals surface area contributed by atoms with Gasteiger partial charge in [0.15, 0.2) is 11.0 Å². The van der Waals surface area contributed by atoms with Crippen molar-refractivity contribution in [2.45, 2.75) is 0 Å². The monoisotopic (exact) mass is 1010 g/mol. The molecule has 0 aliphatic rings. The van der Waals surface area contributed by atoms with Crippen LogP contribution in [-0.4, -0.2) is 469 Å². The first kappa shape index (κ1) is 74.7. The Morgan fingerprint density at radius 2 is 1.49 bits per heavy atom. The van der Waals surface area contributed by atoms with Gasteiger partial charge in [-0.25, -0.2) is 9.55 Å². The molecule has 0 saturated heterocycles. The molecular formula is C19H16ClFK15N6O3+. The SMILES string of the molecule is COc1cc(F)c([N+](=O)[O-])cc1Nc1ncc(Cl)c(-n2c[n+](C)c3ccccc32)n1.[H-].[K+].[K][K].[K][K].[K][K].[K][K].[K][K].[K][K].[K][K]. The van der Waals surface area contributed by atoms with E-state index in [9.17, 15) is 14.5 Å². The number of benzene rings is 2. The average Bonchev–Trinajstić information content (AvgIpc) is 3.44. The molecule has 9 nitrogen and oxygen atoms in total. The molecule has 0 spiro atoms. The van der Waals surface area contributed by atoms with Crippen LogP contribution >= 0.6 is 11.6 Å². The number of hydrogen-bond acceptors (Lipinski definition) is 6. The Morgan fingerprint density at radius 3 is 1.98 bits per heavy atom. The van der Waals surface area contributed by atoms with Crippen LogP contribution in [-0.2, 0) is 7.05 Å². The number of anilines is 2. The van der Waals surface area contributed by atoms with Crippen molar-refractivity contribution in [2.75, 3.05) is 12.4 Å². The second-order valence-corrected chi connectivity index (χ2v) is 6.74. The van der Waals surface area contributed by atoms with Gasteiger partial charge in [-0.15, -0.1) is 0 Å². The van der Waals surface area contributed by atoms with Gasteiger partial charge in [0, 0.05) is 12.1 Å². The minimum absolute atomic E-state index is 0. The fourth-order valence-corrected chi connectivity index (χ4v) is 3.27. The number of imidazole rings is 1. The van der Waals surface area contributed by atoms with E-state index < -0.39 is 16.4 Å². The van der Waals surface area contributed by atoms with E-state index >= 15 is 0 Å². The average molecular weight is 1020 g/mol. The van der Waals surface area contributed by atoms with Crippen LogP contribution in [0.5, 0.6) is 5.75 Å². The second-order valence-electron chi connectivity index (χ2n) is 6.34. The minimum atomic E-state index is -1.01. The number of fused-ring (bicyclic) bond motifs is 1. The fraction of sp³-hybridized carbons (Fsp3) is 0.105. The predicted molar refractivity (Wildman–Crippen MR) is 190 cm³/mol. The van der Waals surface area contributed by atoms with Gasteiger partial charge < -0.3 is 11.5 Å². The summed E-state index contributed by atoms with van der Waals surface area (Å²) in [6, 6.07) is 9.66. The van der Waals surface area contributed by atoms with Crippen LogP contribution in [0.15, 0.2) is 48.9 Å². The number of hydrogen-bond donors (Lipinski definition) is 1. The molecule has 0 saturated carbocycles. The van der Waals surface area contributed by atoms with Gasteiger partial charge in [0.2, 0.25) is 17.6 Å². The van der Waals surface area contributed by atoms with Gasteiger partial charge in [-0.05, 0) is 12.1 Å². The van der Waals surface area contributed by atoms with Gasteiger partial charge in [-0.1, -0.05) is 23.7 Å². The first-order chi connectivity index (χ1) is 21.4. The first-order valence-corrected chi connectivity index (χ1v) is 128. The molecule has 0 unspecified atom stereocenters. The van der Waals surface area contributed by atoms with Crippen LogP contribution in [0.25, 0.3) is 16.9 Å². The summed E-state index contributed by atoms with van der Waals surface area (Å²) in [5.41, 5.74) is 1.29. The Bertz CT molecular complexity index is 1340. The molecule has 0 aliphatic heterocycles. The van der Waals surface area contributed by atoms with Crippen molar-refractivity contribution in [1.29, 1.82) is 0 Å². The zero-order valence-corrected chi connectivity index (χ0v) is 78.4. The van der Waals surface area contributed by atoms with Gasteiger partial charge in [-0.3, -0.25) is 10.1 Å². The van der Waals surface area contributed by atoms with Crippen LogP contribution < -0.4 is 66.0 Å². The third-order valence-electron chi connectivity index (χ3n) is 4.48. The van der Waals surface area contributed by atoms with E-state index in [1.807, 2.05) is 42.2 Å². The predicted octanol–water partition coefficient (Wildman–Crippen LogP) is -4.52. The molecule has 0 bridgehead atoms. The third-order valence-corrected chi connectivity index (χ3v) is 4.74. The van der Waals surface area contributed by atoms with E-state index in [-0.39, 0.29) is 70.2 Å². The molecule has 0 radical (unpaired) electrons. The van der Waals surface area contributed by atoms with Gasteiger partial charge in [-0.2, -0.15) is 13.9 Å². The second kappa shape index (κ2) is 55.7. The number of halogens is 2. The number of para-hydroxylation sites is 2. The number of rotatable bonds is 5. The molecule has 2 aromatic heterocycles. The third kappa shape index (κ3) is 33.9. The van der Waals surface area contributed by atoms with E-state index in [0.717, 1.165) is 23.2 Å². The number of methoxy groups -OCH3 is 1. The number of nitro groups is 1. The number of nitro benzene ring substituents is 1. The molecular weight excluding hydrogens is 1000 g/mol. The Labute approximate surface area is 632 Å². The maximum atomic E-state index is 13.9. The first-order valence-electron chi connectivity index (χ1n) is 15.7. The van der Waals surface area contributed by atoms with Crippen LogP contribution in [0, 0.1) is 15.9 Å². The molecule has 0 atom stereocenters. The van der Waals surface area contributed by atoms with Crippen LogP contribution in [0.2, 0.25) is 5.02 Å². The number of aryl methyl sites for hydroxylation is 1. The van der Waals surface area contributed by atoms with Crippen molar-refractivity contribution >= 4 is 482 Å². The molecule has 4 rings (SSSR count). The van der Waals surface area contributed by atoms with Crippen molar-refractivity contribution in [3.63, 3.8) is 0 Å². The topological polar surface area (TPSA) is 99.0 Å². The summed E-state index contributed by atoms with van der Waals surface area (Å²) >= 11 is 23.8. The summed E-state index contributed by atoms with van der Waals surface area (Å²) in [5.74, 6) is -0.432. The van der Waals surface area contributed by atoms with Crippen molar-refractivity contribution in [2.24, 2.45) is 7.05 Å². The molecule has 4 aromatic rings. The Balaban J connectivity index is -0.000000222. The fourth-order valence-electron chi connectivity index (χ4n) is 3.09. The van der Waals surface area contributed by atoms with Crippen molar-refractivity contribution in [3.05, 3.63) is 69.9 Å². The quantitative estimate of drug-likeness (QED) is 0.0939. The summed E-state index contributed by atoms with van der Waals surface area (Å²) in [5, 5.41) is 14.2. The van der Waals surface area contributed by atoms with Crippen molar-refractivity contribution < 1.29 is 71.4 Å².